The molecule has 1 aromatic heterocycles. The molecular formula is C10H14N4. The molecule has 1 saturated heterocycles. The molecule has 1 aliphatic rings. The molecule has 0 radical (unpaired) electrons. The lowest BCUT2D eigenvalue weighted by Crippen LogP contribution is -2.31. The summed E-state index contributed by atoms with van der Waals surface area (Å²) in [5.74, 6) is 0. The van der Waals surface area contributed by atoms with Gasteiger partial charge in [-0.05, 0) is 25.5 Å². The van der Waals surface area contributed by atoms with Crippen LogP contribution in [0, 0.1) is 11.3 Å². The van der Waals surface area contributed by atoms with Gasteiger partial charge >= 0.3 is 0 Å². The van der Waals surface area contributed by atoms with Crippen molar-refractivity contribution >= 4 is 0 Å². The van der Waals surface area contributed by atoms with Crippen LogP contribution in [0.1, 0.15) is 12.8 Å². The van der Waals surface area contributed by atoms with Crippen molar-refractivity contribution in [3.63, 3.8) is 0 Å². The fourth-order valence-corrected chi connectivity index (χ4v) is 1.90. The van der Waals surface area contributed by atoms with Gasteiger partial charge in [-0.1, -0.05) is 0 Å². The topological polar surface area (TPSA) is 44.9 Å². The molecule has 2 heterocycles. The number of nitriles is 1. The Morgan fingerprint density at radius 1 is 1.50 bits per heavy atom. The lowest BCUT2D eigenvalue weighted by molar-refractivity contribution is 0.277. The first-order chi connectivity index (χ1) is 6.90. The van der Waals surface area contributed by atoms with Crippen molar-refractivity contribution in [2.24, 2.45) is 0 Å². The van der Waals surface area contributed by atoms with E-state index in [2.05, 4.69) is 16.1 Å². The summed E-state index contributed by atoms with van der Waals surface area (Å²) in [5.41, 5.74) is 0. The zero-order chi connectivity index (χ0) is 9.80. The summed E-state index contributed by atoms with van der Waals surface area (Å²) in [6, 6.07) is 4.39. The summed E-state index contributed by atoms with van der Waals surface area (Å²) >= 11 is 0. The van der Waals surface area contributed by atoms with Gasteiger partial charge in [0.15, 0.2) is 0 Å². The van der Waals surface area contributed by atoms with Crippen molar-refractivity contribution in [3.05, 3.63) is 18.5 Å². The van der Waals surface area contributed by atoms with Crippen molar-refractivity contribution in [2.45, 2.75) is 25.4 Å². The second-order valence-electron chi connectivity index (χ2n) is 3.59. The molecule has 1 aromatic rings. The highest BCUT2D eigenvalue weighted by molar-refractivity contribution is 4.95. The summed E-state index contributed by atoms with van der Waals surface area (Å²) in [5, 5.41) is 13.0. The maximum atomic E-state index is 8.88. The smallest absolute Gasteiger partial charge is 0.0978 e. The Balaban J connectivity index is 1.83. The van der Waals surface area contributed by atoms with Crippen LogP contribution in [-0.4, -0.2) is 33.8 Å². The van der Waals surface area contributed by atoms with Gasteiger partial charge in [0.25, 0.3) is 0 Å². The third-order valence-electron chi connectivity index (χ3n) is 2.69. The molecule has 74 valence electrons. The number of hydrogen-bond acceptors (Lipinski definition) is 3. The Hall–Kier alpha value is -1.34. The molecule has 0 bridgehead atoms. The van der Waals surface area contributed by atoms with Gasteiger partial charge in [0.1, 0.15) is 0 Å². The van der Waals surface area contributed by atoms with Crippen LogP contribution in [0.2, 0.25) is 0 Å². The Labute approximate surface area is 83.7 Å². The predicted molar refractivity (Wildman–Crippen MR) is 52.4 cm³/mol. The second-order valence-corrected chi connectivity index (χ2v) is 3.59. The first kappa shape index (κ1) is 9.22. The summed E-state index contributed by atoms with van der Waals surface area (Å²) in [7, 11) is 0. The van der Waals surface area contributed by atoms with E-state index in [1.165, 1.54) is 0 Å². The van der Waals surface area contributed by atoms with Crippen molar-refractivity contribution in [1.82, 2.24) is 14.7 Å². The minimum atomic E-state index is 0.130. The average molecular weight is 190 g/mol. The predicted octanol–water partition coefficient (Wildman–Crippen LogP) is 0.871. The maximum Gasteiger partial charge on any atom is 0.0978 e. The fraction of sp³-hybridized carbons (Fsp3) is 0.600. The standard InChI is InChI=1S/C10H14N4/c11-9-10-3-1-5-13(10)7-8-14-6-2-4-12-14/h2,4,6,10H,1,3,5,7-8H2. The van der Waals surface area contributed by atoms with Crippen molar-refractivity contribution in [2.75, 3.05) is 13.1 Å². The van der Waals surface area contributed by atoms with E-state index < -0.39 is 0 Å². The summed E-state index contributed by atoms with van der Waals surface area (Å²) in [4.78, 5) is 2.24. The Morgan fingerprint density at radius 2 is 2.43 bits per heavy atom. The van der Waals surface area contributed by atoms with E-state index in [-0.39, 0.29) is 6.04 Å². The van der Waals surface area contributed by atoms with Gasteiger partial charge in [-0.2, -0.15) is 10.4 Å². The van der Waals surface area contributed by atoms with Gasteiger partial charge in [0.05, 0.1) is 18.7 Å². The zero-order valence-corrected chi connectivity index (χ0v) is 8.13. The number of aromatic nitrogens is 2. The average Bonchev–Trinajstić information content (AvgIpc) is 2.85. The molecule has 0 N–H and O–H groups in total. The first-order valence-corrected chi connectivity index (χ1v) is 5.01. The monoisotopic (exact) mass is 190 g/mol. The number of likely N-dealkylation sites (tertiary alicyclic amines) is 1. The number of rotatable bonds is 3. The first-order valence-electron chi connectivity index (χ1n) is 5.01. The summed E-state index contributed by atoms with van der Waals surface area (Å²) < 4.78 is 1.91. The molecule has 1 unspecified atom stereocenters. The molecule has 1 atom stereocenters. The van der Waals surface area contributed by atoms with Gasteiger partial charge in [-0.3, -0.25) is 9.58 Å². The highest BCUT2D eigenvalue weighted by Crippen LogP contribution is 2.15. The zero-order valence-electron chi connectivity index (χ0n) is 8.13. The van der Waals surface area contributed by atoms with E-state index in [1.54, 1.807) is 6.20 Å². The van der Waals surface area contributed by atoms with E-state index in [1.807, 2.05) is 16.9 Å². The molecule has 0 amide bonds. The van der Waals surface area contributed by atoms with Crippen molar-refractivity contribution < 1.29 is 0 Å². The van der Waals surface area contributed by atoms with Crippen LogP contribution in [0.4, 0.5) is 0 Å². The molecule has 4 nitrogen and oxygen atoms in total. The lowest BCUT2D eigenvalue weighted by Gasteiger charge is -2.18. The molecule has 0 aromatic carbocycles. The van der Waals surface area contributed by atoms with Crippen LogP contribution in [0.3, 0.4) is 0 Å². The molecule has 1 aliphatic heterocycles. The molecule has 2 rings (SSSR count). The highest BCUT2D eigenvalue weighted by atomic mass is 15.3. The molecular weight excluding hydrogens is 176 g/mol. The van der Waals surface area contributed by atoms with E-state index >= 15 is 0 Å². The van der Waals surface area contributed by atoms with Crippen LogP contribution in [-0.2, 0) is 6.54 Å². The third kappa shape index (κ3) is 1.94. The molecule has 0 aliphatic carbocycles. The minimum Gasteiger partial charge on any atom is -0.286 e. The number of nitrogens with zero attached hydrogens (tertiary/aromatic N) is 4. The van der Waals surface area contributed by atoms with E-state index in [0.717, 1.165) is 32.5 Å². The molecule has 1 fully saturated rings. The minimum absolute atomic E-state index is 0.130. The Kier molecular flexibility index (Phi) is 2.80. The lowest BCUT2D eigenvalue weighted by atomic mass is 10.2. The van der Waals surface area contributed by atoms with Crippen LogP contribution in [0.25, 0.3) is 0 Å². The third-order valence-corrected chi connectivity index (χ3v) is 2.69. The normalized spacial score (nSPS) is 22.4. The molecule has 0 saturated carbocycles. The maximum absolute atomic E-state index is 8.88. The van der Waals surface area contributed by atoms with Crippen LogP contribution in [0.5, 0.6) is 0 Å². The summed E-state index contributed by atoms with van der Waals surface area (Å²) in [6.45, 7) is 2.87. The Morgan fingerprint density at radius 3 is 3.14 bits per heavy atom. The van der Waals surface area contributed by atoms with Crippen molar-refractivity contribution in [1.29, 1.82) is 5.26 Å². The largest absolute Gasteiger partial charge is 0.286 e. The molecule has 0 spiro atoms. The van der Waals surface area contributed by atoms with E-state index in [9.17, 15) is 0 Å². The fourth-order valence-electron chi connectivity index (χ4n) is 1.90. The SMILES string of the molecule is N#CC1CCCN1CCn1cccn1. The Bertz CT molecular complexity index is 311. The number of hydrogen-bond donors (Lipinski definition) is 0. The second kappa shape index (κ2) is 4.25. The molecule has 14 heavy (non-hydrogen) atoms. The van der Waals surface area contributed by atoms with Gasteiger partial charge in [0, 0.05) is 18.9 Å². The van der Waals surface area contributed by atoms with Crippen LogP contribution < -0.4 is 0 Å². The van der Waals surface area contributed by atoms with Gasteiger partial charge < -0.3 is 0 Å². The van der Waals surface area contributed by atoms with Crippen molar-refractivity contribution in [3.8, 4) is 6.07 Å². The van der Waals surface area contributed by atoms with E-state index in [0.29, 0.717) is 0 Å². The highest BCUT2D eigenvalue weighted by Gasteiger charge is 2.23. The van der Waals surface area contributed by atoms with Gasteiger partial charge in [-0.25, -0.2) is 0 Å². The van der Waals surface area contributed by atoms with Crippen LogP contribution >= 0.6 is 0 Å². The van der Waals surface area contributed by atoms with Crippen LogP contribution in [0.15, 0.2) is 18.5 Å². The summed E-state index contributed by atoms with van der Waals surface area (Å²) in [6.07, 6.45) is 5.91. The quantitative estimate of drug-likeness (QED) is 0.710. The molecule has 4 heteroatoms. The van der Waals surface area contributed by atoms with Gasteiger partial charge in [0.2, 0.25) is 0 Å². The van der Waals surface area contributed by atoms with Gasteiger partial charge in [-0.15, -0.1) is 0 Å². The van der Waals surface area contributed by atoms with E-state index in [4.69, 9.17) is 5.26 Å².